The van der Waals surface area contributed by atoms with E-state index < -0.39 is 0 Å². The van der Waals surface area contributed by atoms with Crippen LogP contribution in [0.25, 0.3) is 0 Å². The average Bonchev–Trinajstić information content (AvgIpc) is 2.78. The highest BCUT2D eigenvalue weighted by Crippen LogP contribution is 2.03. The molecule has 0 bridgehead atoms. The summed E-state index contributed by atoms with van der Waals surface area (Å²) in [7, 11) is 0. The highest BCUT2D eigenvalue weighted by molar-refractivity contribution is 5.70. The van der Waals surface area contributed by atoms with Crippen LogP contribution in [0.3, 0.4) is 0 Å². The first-order chi connectivity index (χ1) is 8.17. The van der Waals surface area contributed by atoms with Gasteiger partial charge in [-0.25, -0.2) is 0 Å². The van der Waals surface area contributed by atoms with Gasteiger partial charge in [0, 0.05) is 13.2 Å². The number of aldehydes is 1. The Hall–Kier alpha value is -1.17. The molecule has 0 saturated carbocycles. The van der Waals surface area contributed by atoms with Crippen LogP contribution in [-0.4, -0.2) is 30.9 Å². The molecule has 5 nitrogen and oxygen atoms in total. The van der Waals surface area contributed by atoms with Crippen molar-refractivity contribution in [1.82, 2.24) is 0 Å². The smallest absolute Gasteiger partial charge is 0.185 e. The van der Waals surface area contributed by atoms with E-state index in [-0.39, 0.29) is 18.7 Å². The van der Waals surface area contributed by atoms with Gasteiger partial charge in [0.2, 0.25) is 0 Å². The van der Waals surface area contributed by atoms with Gasteiger partial charge >= 0.3 is 0 Å². The van der Waals surface area contributed by atoms with Gasteiger partial charge in [0.15, 0.2) is 18.3 Å². The Kier molecular flexibility index (Phi) is 9.33. The zero-order valence-electron chi connectivity index (χ0n) is 10.5. The Bertz CT molecular complexity index is 289. The second kappa shape index (κ2) is 10.0. The maximum Gasteiger partial charge on any atom is 0.185 e. The molecule has 0 fully saturated rings. The van der Waals surface area contributed by atoms with E-state index in [0.717, 1.165) is 13.2 Å². The Morgan fingerprint density at radius 2 is 1.94 bits per heavy atom. The van der Waals surface area contributed by atoms with Crippen LogP contribution < -0.4 is 0 Å². The third-order valence-corrected chi connectivity index (χ3v) is 1.76. The second-order valence-electron chi connectivity index (χ2n) is 3.06. The zero-order chi connectivity index (χ0) is 13.1. The molecule has 0 spiro atoms. The number of ether oxygens (including phenoxy) is 2. The van der Waals surface area contributed by atoms with Crippen molar-refractivity contribution in [2.45, 2.75) is 33.7 Å². The molecule has 5 heteroatoms. The van der Waals surface area contributed by atoms with Gasteiger partial charge in [0.1, 0.15) is 12.4 Å². The molecule has 0 atom stereocenters. The van der Waals surface area contributed by atoms with Crippen molar-refractivity contribution in [3.05, 3.63) is 23.7 Å². The predicted molar refractivity (Wildman–Crippen MR) is 62.7 cm³/mol. The molecule has 1 aromatic heterocycles. The minimum Gasteiger partial charge on any atom is -0.456 e. The topological polar surface area (TPSA) is 68.9 Å². The third kappa shape index (κ3) is 7.68. The molecule has 0 aliphatic carbocycles. The molecule has 1 N–H and O–H groups in total. The van der Waals surface area contributed by atoms with Crippen LogP contribution in [0.15, 0.2) is 16.5 Å². The van der Waals surface area contributed by atoms with Crippen LogP contribution >= 0.6 is 0 Å². The van der Waals surface area contributed by atoms with Gasteiger partial charge in [0.05, 0.1) is 0 Å². The van der Waals surface area contributed by atoms with E-state index in [9.17, 15) is 4.79 Å². The predicted octanol–water partition coefficient (Wildman–Crippen LogP) is 1.99. The number of carbonyl (C=O) groups excluding carboxylic acids is 1. The Labute approximate surface area is 101 Å². The molecule has 0 amide bonds. The second-order valence-corrected chi connectivity index (χ2v) is 3.06. The summed E-state index contributed by atoms with van der Waals surface area (Å²) >= 11 is 0. The first-order valence-corrected chi connectivity index (χ1v) is 5.55. The summed E-state index contributed by atoms with van der Waals surface area (Å²) in [5, 5.41) is 8.44. The van der Waals surface area contributed by atoms with Crippen molar-refractivity contribution in [3.8, 4) is 0 Å². The van der Waals surface area contributed by atoms with Gasteiger partial charge in [-0.15, -0.1) is 0 Å². The van der Waals surface area contributed by atoms with Crippen LogP contribution in [0.1, 0.15) is 37.1 Å². The van der Waals surface area contributed by atoms with Gasteiger partial charge < -0.3 is 19.0 Å². The quantitative estimate of drug-likeness (QED) is 0.612. The van der Waals surface area contributed by atoms with Crippen molar-refractivity contribution in [2.24, 2.45) is 0 Å². The van der Waals surface area contributed by atoms with E-state index in [1.165, 1.54) is 6.07 Å². The molecule has 0 saturated heterocycles. The van der Waals surface area contributed by atoms with Crippen molar-refractivity contribution in [2.75, 3.05) is 13.2 Å². The molecule has 0 aliphatic rings. The number of aliphatic hydroxyl groups excluding tert-OH is 1. The molecule has 0 aromatic carbocycles. The van der Waals surface area contributed by atoms with Crippen LogP contribution in [0.2, 0.25) is 0 Å². The summed E-state index contributed by atoms with van der Waals surface area (Å²) in [4.78, 5) is 9.96. The number of furan rings is 1. The standard InChI is InChI=1S/C6H6O3.C6H14O2/c7-3-5-1-2-6(4-8)9-5;1-4-7-6(3)8-5-2/h1-3,8H,4H2;6H,4-5H2,1-3H3. The molecule has 0 unspecified atom stereocenters. The normalized spacial score (nSPS) is 9.94. The van der Waals surface area contributed by atoms with E-state index >= 15 is 0 Å². The number of aliphatic hydroxyl groups is 1. The van der Waals surface area contributed by atoms with Crippen LogP contribution in [0.4, 0.5) is 0 Å². The summed E-state index contributed by atoms with van der Waals surface area (Å²) in [5.41, 5.74) is 0. The van der Waals surface area contributed by atoms with E-state index in [1.54, 1.807) is 6.07 Å². The fourth-order valence-electron chi connectivity index (χ4n) is 1.06. The monoisotopic (exact) mass is 244 g/mol. The Balaban J connectivity index is 0.000000304. The van der Waals surface area contributed by atoms with E-state index in [4.69, 9.17) is 19.0 Å². The summed E-state index contributed by atoms with van der Waals surface area (Å²) in [5.74, 6) is 0.663. The SMILES string of the molecule is CCOC(C)OCC.O=Cc1ccc(CO)o1. The summed E-state index contributed by atoms with van der Waals surface area (Å²) in [6.07, 6.45) is 0.559. The lowest BCUT2D eigenvalue weighted by Gasteiger charge is -2.09. The molecular weight excluding hydrogens is 224 g/mol. The molecule has 1 rings (SSSR count). The van der Waals surface area contributed by atoms with Gasteiger partial charge in [-0.2, -0.15) is 0 Å². The fraction of sp³-hybridized carbons (Fsp3) is 0.583. The largest absolute Gasteiger partial charge is 0.456 e. The maximum atomic E-state index is 9.96. The lowest BCUT2D eigenvalue weighted by molar-refractivity contribution is -0.123. The van der Waals surface area contributed by atoms with E-state index in [2.05, 4.69) is 0 Å². The minimum absolute atomic E-state index is 0.0370. The first kappa shape index (κ1) is 15.8. The Morgan fingerprint density at radius 3 is 2.24 bits per heavy atom. The zero-order valence-corrected chi connectivity index (χ0v) is 10.5. The van der Waals surface area contributed by atoms with Gasteiger partial charge in [-0.1, -0.05) is 0 Å². The molecular formula is C12H20O5. The van der Waals surface area contributed by atoms with E-state index in [0.29, 0.717) is 12.0 Å². The van der Waals surface area contributed by atoms with Crippen LogP contribution in [-0.2, 0) is 16.1 Å². The van der Waals surface area contributed by atoms with Crippen molar-refractivity contribution < 1.29 is 23.8 Å². The molecule has 98 valence electrons. The lowest BCUT2D eigenvalue weighted by atomic mass is 10.4. The molecule has 1 heterocycles. The van der Waals surface area contributed by atoms with Gasteiger partial charge in [0.25, 0.3) is 0 Å². The molecule has 0 aliphatic heterocycles. The fourth-order valence-corrected chi connectivity index (χ4v) is 1.06. The number of hydrogen-bond donors (Lipinski definition) is 1. The van der Waals surface area contributed by atoms with Gasteiger partial charge in [-0.3, -0.25) is 4.79 Å². The number of carbonyl (C=O) groups is 1. The maximum absolute atomic E-state index is 9.96. The summed E-state index contributed by atoms with van der Waals surface area (Å²) < 4.78 is 14.9. The van der Waals surface area contributed by atoms with Gasteiger partial charge in [-0.05, 0) is 32.9 Å². The lowest BCUT2D eigenvalue weighted by Crippen LogP contribution is -2.11. The van der Waals surface area contributed by atoms with Crippen molar-refractivity contribution in [3.63, 3.8) is 0 Å². The highest BCUT2D eigenvalue weighted by Gasteiger charge is 1.96. The summed E-state index contributed by atoms with van der Waals surface area (Å²) in [6, 6.07) is 3.07. The minimum atomic E-state index is -0.159. The van der Waals surface area contributed by atoms with Crippen molar-refractivity contribution in [1.29, 1.82) is 0 Å². The molecule has 1 aromatic rings. The molecule has 0 radical (unpaired) electrons. The average molecular weight is 244 g/mol. The third-order valence-electron chi connectivity index (χ3n) is 1.76. The number of rotatable bonds is 6. The molecule has 17 heavy (non-hydrogen) atoms. The number of hydrogen-bond acceptors (Lipinski definition) is 5. The Morgan fingerprint density at radius 1 is 1.35 bits per heavy atom. The summed E-state index contributed by atoms with van der Waals surface area (Å²) in [6.45, 7) is 7.09. The van der Waals surface area contributed by atoms with Crippen LogP contribution in [0, 0.1) is 0 Å². The van der Waals surface area contributed by atoms with E-state index in [1.807, 2.05) is 20.8 Å². The highest BCUT2D eigenvalue weighted by atomic mass is 16.7. The van der Waals surface area contributed by atoms with Crippen molar-refractivity contribution >= 4 is 6.29 Å². The van der Waals surface area contributed by atoms with Crippen LogP contribution in [0.5, 0.6) is 0 Å². The first-order valence-electron chi connectivity index (χ1n) is 5.55.